The summed E-state index contributed by atoms with van der Waals surface area (Å²) in [6.45, 7) is 5.16. The monoisotopic (exact) mass is 223 g/mol. The van der Waals surface area contributed by atoms with Gasteiger partial charge >= 0.3 is 0 Å². The molecule has 0 atom stereocenters. The molecule has 0 saturated carbocycles. The van der Waals surface area contributed by atoms with Crippen LogP contribution in [0.15, 0.2) is 23.1 Å². The molecule has 0 fully saturated rings. The minimum Gasteiger partial charge on any atom is -0.330 e. The molecule has 84 valence electrons. The van der Waals surface area contributed by atoms with Gasteiger partial charge in [0.15, 0.2) is 0 Å². The smallest absolute Gasteiger partial charge is 0.0104 e. The van der Waals surface area contributed by atoms with Crippen LogP contribution in [0, 0.1) is 6.92 Å². The Morgan fingerprint density at radius 3 is 2.80 bits per heavy atom. The van der Waals surface area contributed by atoms with E-state index in [1.807, 2.05) is 11.8 Å². The van der Waals surface area contributed by atoms with Gasteiger partial charge in [0.2, 0.25) is 0 Å². The maximum absolute atomic E-state index is 5.56. The van der Waals surface area contributed by atoms with Gasteiger partial charge in [-0.25, -0.2) is 0 Å². The zero-order chi connectivity index (χ0) is 11.1. The maximum atomic E-state index is 5.56. The topological polar surface area (TPSA) is 26.0 Å². The summed E-state index contributed by atoms with van der Waals surface area (Å²) in [5.74, 6) is 1.21. The fourth-order valence-corrected chi connectivity index (χ4v) is 2.48. The maximum Gasteiger partial charge on any atom is 0.0104 e. The first-order chi connectivity index (χ1) is 7.27. The van der Waals surface area contributed by atoms with Gasteiger partial charge in [-0.3, -0.25) is 0 Å². The van der Waals surface area contributed by atoms with Gasteiger partial charge in [0.05, 0.1) is 0 Å². The second-order valence-corrected chi connectivity index (χ2v) is 4.99. The van der Waals surface area contributed by atoms with E-state index in [4.69, 9.17) is 5.73 Å². The van der Waals surface area contributed by atoms with Crippen molar-refractivity contribution < 1.29 is 0 Å². The number of thioether (sulfide) groups is 1. The third-order valence-corrected chi connectivity index (χ3v) is 3.65. The van der Waals surface area contributed by atoms with Crippen LogP contribution in [0.2, 0.25) is 0 Å². The molecule has 0 aliphatic heterocycles. The summed E-state index contributed by atoms with van der Waals surface area (Å²) >= 11 is 1.97. The average molecular weight is 223 g/mol. The van der Waals surface area contributed by atoms with Gasteiger partial charge in [-0.05, 0) is 50.1 Å². The molecule has 0 unspecified atom stereocenters. The van der Waals surface area contributed by atoms with Gasteiger partial charge in [0.1, 0.15) is 0 Å². The Kier molecular flexibility index (Phi) is 5.81. The fraction of sp³-hybridized carbons (Fsp3) is 0.538. The lowest BCUT2D eigenvalue weighted by Crippen LogP contribution is -2.01. The highest BCUT2D eigenvalue weighted by Gasteiger charge is 2.02. The standard InChI is InChI=1S/C13H21NS/c1-3-9-15-13-7-6-11(2)10-12(13)5-4-8-14/h6-7,10H,3-5,8-9,14H2,1-2H3. The molecule has 0 saturated heterocycles. The van der Waals surface area contributed by atoms with Crippen molar-refractivity contribution in [3.05, 3.63) is 29.3 Å². The molecule has 15 heavy (non-hydrogen) atoms. The molecule has 2 heteroatoms. The van der Waals surface area contributed by atoms with Gasteiger partial charge in [0, 0.05) is 4.90 Å². The Hall–Kier alpha value is -0.470. The van der Waals surface area contributed by atoms with E-state index in [0.29, 0.717) is 0 Å². The zero-order valence-corrected chi connectivity index (χ0v) is 10.6. The Morgan fingerprint density at radius 2 is 2.13 bits per heavy atom. The first-order valence-corrected chi connectivity index (χ1v) is 6.69. The van der Waals surface area contributed by atoms with Crippen molar-refractivity contribution in [2.45, 2.75) is 38.0 Å². The molecular formula is C13H21NS. The number of hydrogen-bond acceptors (Lipinski definition) is 2. The minimum atomic E-state index is 0.784. The summed E-state index contributed by atoms with van der Waals surface area (Å²) in [6, 6.07) is 6.75. The first kappa shape index (κ1) is 12.6. The molecule has 1 nitrogen and oxygen atoms in total. The van der Waals surface area contributed by atoms with Gasteiger partial charge in [-0.2, -0.15) is 0 Å². The molecule has 0 heterocycles. The van der Waals surface area contributed by atoms with Crippen LogP contribution in [0.25, 0.3) is 0 Å². The van der Waals surface area contributed by atoms with E-state index < -0.39 is 0 Å². The average Bonchev–Trinajstić information content (AvgIpc) is 2.25. The molecule has 0 spiro atoms. The first-order valence-electron chi connectivity index (χ1n) is 5.70. The van der Waals surface area contributed by atoms with Crippen molar-refractivity contribution in [3.63, 3.8) is 0 Å². The number of aryl methyl sites for hydroxylation is 2. The molecule has 1 aromatic carbocycles. The highest BCUT2D eigenvalue weighted by atomic mass is 32.2. The highest BCUT2D eigenvalue weighted by molar-refractivity contribution is 7.99. The molecule has 1 aromatic rings. The van der Waals surface area contributed by atoms with Crippen LogP contribution in [-0.4, -0.2) is 12.3 Å². The van der Waals surface area contributed by atoms with Crippen molar-refractivity contribution in [1.29, 1.82) is 0 Å². The third kappa shape index (κ3) is 4.27. The lowest BCUT2D eigenvalue weighted by atomic mass is 10.1. The Balaban J connectivity index is 2.73. The van der Waals surface area contributed by atoms with Crippen LogP contribution in [0.1, 0.15) is 30.9 Å². The molecule has 0 aliphatic carbocycles. The zero-order valence-electron chi connectivity index (χ0n) is 9.75. The van der Waals surface area contributed by atoms with E-state index in [0.717, 1.165) is 19.4 Å². The van der Waals surface area contributed by atoms with Crippen molar-refractivity contribution in [2.75, 3.05) is 12.3 Å². The summed E-state index contributed by atoms with van der Waals surface area (Å²) < 4.78 is 0. The van der Waals surface area contributed by atoms with E-state index in [1.54, 1.807) is 0 Å². The second-order valence-electron chi connectivity index (χ2n) is 3.85. The molecule has 0 aliphatic rings. The van der Waals surface area contributed by atoms with Crippen molar-refractivity contribution in [3.8, 4) is 0 Å². The van der Waals surface area contributed by atoms with Crippen molar-refractivity contribution in [1.82, 2.24) is 0 Å². The predicted molar refractivity (Wildman–Crippen MR) is 69.6 cm³/mol. The number of hydrogen-bond donors (Lipinski definition) is 1. The Morgan fingerprint density at radius 1 is 1.33 bits per heavy atom. The van der Waals surface area contributed by atoms with Crippen LogP contribution in [0.3, 0.4) is 0 Å². The number of benzene rings is 1. The molecule has 0 aromatic heterocycles. The summed E-state index contributed by atoms with van der Waals surface area (Å²) in [5, 5.41) is 0. The predicted octanol–water partition coefficient (Wildman–Crippen LogP) is 3.39. The normalized spacial score (nSPS) is 10.6. The SMILES string of the molecule is CCCSc1ccc(C)cc1CCCN. The van der Waals surface area contributed by atoms with E-state index in [1.165, 1.54) is 28.2 Å². The summed E-state index contributed by atoms with van der Waals surface area (Å²) in [7, 11) is 0. The highest BCUT2D eigenvalue weighted by Crippen LogP contribution is 2.25. The van der Waals surface area contributed by atoms with Crippen molar-refractivity contribution >= 4 is 11.8 Å². The number of rotatable bonds is 6. The molecule has 0 bridgehead atoms. The molecular weight excluding hydrogens is 202 g/mol. The minimum absolute atomic E-state index is 0.784. The van der Waals surface area contributed by atoms with Crippen LogP contribution >= 0.6 is 11.8 Å². The Bertz CT molecular complexity index is 297. The quantitative estimate of drug-likeness (QED) is 0.748. The Labute approximate surface area is 97.4 Å². The van der Waals surface area contributed by atoms with Gasteiger partial charge in [-0.1, -0.05) is 24.6 Å². The van der Waals surface area contributed by atoms with Gasteiger partial charge < -0.3 is 5.73 Å². The van der Waals surface area contributed by atoms with E-state index in [-0.39, 0.29) is 0 Å². The fourth-order valence-electron chi connectivity index (χ4n) is 1.55. The largest absolute Gasteiger partial charge is 0.330 e. The van der Waals surface area contributed by atoms with E-state index >= 15 is 0 Å². The van der Waals surface area contributed by atoms with Gasteiger partial charge in [0.25, 0.3) is 0 Å². The lowest BCUT2D eigenvalue weighted by molar-refractivity contribution is 0.819. The molecule has 0 amide bonds. The molecule has 1 rings (SSSR count). The van der Waals surface area contributed by atoms with Crippen LogP contribution in [-0.2, 0) is 6.42 Å². The summed E-state index contributed by atoms with van der Waals surface area (Å²) in [4.78, 5) is 1.44. The van der Waals surface area contributed by atoms with Gasteiger partial charge in [-0.15, -0.1) is 11.8 Å². The second kappa shape index (κ2) is 6.91. The summed E-state index contributed by atoms with van der Waals surface area (Å²) in [5.41, 5.74) is 8.38. The van der Waals surface area contributed by atoms with E-state index in [9.17, 15) is 0 Å². The van der Waals surface area contributed by atoms with Crippen molar-refractivity contribution in [2.24, 2.45) is 5.73 Å². The van der Waals surface area contributed by atoms with Crippen LogP contribution in [0.4, 0.5) is 0 Å². The summed E-state index contributed by atoms with van der Waals surface area (Å²) in [6.07, 6.45) is 3.43. The number of nitrogens with two attached hydrogens (primary N) is 1. The third-order valence-electron chi connectivity index (χ3n) is 2.33. The molecule has 0 radical (unpaired) electrons. The van der Waals surface area contributed by atoms with Crippen LogP contribution in [0.5, 0.6) is 0 Å². The van der Waals surface area contributed by atoms with Crippen LogP contribution < -0.4 is 5.73 Å². The lowest BCUT2D eigenvalue weighted by Gasteiger charge is -2.09. The van der Waals surface area contributed by atoms with E-state index in [2.05, 4.69) is 32.0 Å². The molecule has 2 N–H and O–H groups in total.